The molecule has 2 heterocycles. The zero-order valence-corrected chi connectivity index (χ0v) is 15.7. The molecule has 1 unspecified atom stereocenters. The SMILES string of the molecule is COc1ccc2c(c1)CC(C(=O)Nc1nc(-c3c(F)cccc3F)cs1)CO2. The van der Waals surface area contributed by atoms with Crippen LogP contribution in [0.15, 0.2) is 41.8 Å². The number of thiazole rings is 1. The average molecular weight is 402 g/mol. The van der Waals surface area contributed by atoms with Crippen molar-refractivity contribution in [1.29, 1.82) is 0 Å². The highest BCUT2D eigenvalue weighted by Gasteiger charge is 2.27. The molecule has 3 aromatic rings. The highest BCUT2D eigenvalue weighted by atomic mass is 32.1. The maximum absolute atomic E-state index is 13.9. The van der Waals surface area contributed by atoms with Crippen molar-refractivity contribution in [3.63, 3.8) is 0 Å². The van der Waals surface area contributed by atoms with Crippen molar-refractivity contribution >= 4 is 22.4 Å². The van der Waals surface area contributed by atoms with Gasteiger partial charge in [-0.2, -0.15) is 0 Å². The van der Waals surface area contributed by atoms with E-state index in [1.165, 1.54) is 23.6 Å². The normalized spacial score (nSPS) is 15.5. The molecule has 144 valence electrons. The van der Waals surface area contributed by atoms with Crippen LogP contribution < -0.4 is 14.8 Å². The number of aromatic nitrogens is 1. The van der Waals surface area contributed by atoms with Crippen molar-refractivity contribution in [2.45, 2.75) is 6.42 Å². The molecule has 0 fully saturated rings. The molecule has 1 aliphatic heterocycles. The molecule has 0 saturated heterocycles. The first-order valence-corrected chi connectivity index (χ1v) is 9.43. The summed E-state index contributed by atoms with van der Waals surface area (Å²) >= 11 is 1.11. The fraction of sp³-hybridized carbons (Fsp3) is 0.200. The van der Waals surface area contributed by atoms with E-state index in [1.54, 1.807) is 13.2 Å². The fourth-order valence-corrected chi connectivity index (χ4v) is 3.77. The molecule has 0 saturated carbocycles. The van der Waals surface area contributed by atoms with E-state index in [0.717, 1.165) is 22.6 Å². The Kier molecular flexibility index (Phi) is 4.95. The monoisotopic (exact) mass is 402 g/mol. The second-order valence-corrected chi connectivity index (χ2v) is 7.17. The van der Waals surface area contributed by atoms with Gasteiger partial charge >= 0.3 is 0 Å². The Morgan fingerprint density at radius 1 is 1.29 bits per heavy atom. The maximum atomic E-state index is 13.9. The smallest absolute Gasteiger partial charge is 0.233 e. The van der Waals surface area contributed by atoms with Gasteiger partial charge in [0.2, 0.25) is 5.91 Å². The van der Waals surface area contributed by atoms with Crippen LogP contribution in [-0.2, 0) is 11.2 Å². The van der Waals surface area contributed by atoms with Gasteiger partial charge in [0.1, 0.15) is 29.7 Å². The van der Waals surface area contributed by atoms with Gasteiger partial charge in [-0.05, 0) is 42.3 Å². The largest absolute Gasteiger partial charge is 0.497 e. The van der Waals surface area contributed by atoms with E-state index in [0.29, 0.717) is 12.2 Å². The van der Waals surface area contributed by atoms with E-state index in [1.807, 2.05) is 12.1 Å². The first-order chi connectivity index (χ1) is 13.5. The summed E-state index contributed by atoms with van der Waals surface area (Å²) < 4.78 is 38.7. The number of carbonyl (C=O) groups excluding carboxylic acids is 1. The number of nitrogens with zero attached hydrogens (tertiary/aromatic N) is 1. The van der Waals surface area contributed by atoms with Crippen molar-refractivity contribution in [3.8, 4) is 22.8 Å². The lowest BCUT2D eigenvalue weighted by Gasteiger charge is -2.24. The van der Waals surface area contributed by atoms with Gasteiger partial charge in [-0.15, -0.1) is 11.3 Å². The third kappa shape index (κ3) is 3.55. The molecule has 4 rings (SSSR count). The van der Waals surface area contributed by atoms with Crippen LogP contribution in [0.1, 0.15) is 5.56 Å². The molecule has 2 aromatic carbocycles. The van der Waals surface area contributed by atoms with Crippen molar-refractivity contribution in [2.24, 2.45) is 5.92 Å². The van der Waals surface area contributed by atoms with Crippen molar-refractivity contribution < 1.29 is 23.0 Å². The van der Waals surface area contributed by atoms with Crippen molar-refractivity contribution in [3.05, 3.63) is 59.0 Å². The number of amides is 1. The highest BCUT2D eigenvalue weighted by Crippen LogP contribution is 2.32. The first-order valence-electron chi connectivity index (χ1n) is 8.55. The summed E-state index contributed by atoms with van der Waals surface area (Å²) in [7, 11) is 1.58. The summed E-state index contributed by atoms with van der Waals surface area (Å²) in [6, 6.07) is 9.09. The number of ether oxygens (including phenoxy) is 2. The third-order valence-electron chi connectivity index (χ3n) is 4.50. The molecule has 5 nitrogen and oxygen atoms in total. The molecule has 8 heteroatoms. The van der Waals surface area contributed by atoms with Crippen LogP contribution in [0.3, 0.4) is 0 Å². The van der Waals surface area contributed by atoms with Crippen LogP contribution >= 0.6 is 11.3 Å². The van der Waals surface area contributed by atoms with Gasteiger partial charge in [0.25, 0.3) is 0 Å². The quantitative estimate of drug-likeness (QED) is 0.707. The molecule has 1 aliphatic rings. The minimum atomic E-state index is -0.700. The molecule has 1 N–H and O–H groups in total. The van der Waals surface area contributed by atoms with Crippen LogP contribution in [-0.4, -0.2) is 24.6 Å². The number of hydrogen-bond acceptors (Lipinski definition) is 5. The molecule has 1 aromatic heterocycles. The van der Waals surface area contributed by atoms with E-state index in [9.17, 15) is 13.6 Å². The van der Waals surface area contributed by atoms with Crippen LogP contribution in [0.25, 0.3) is 11.3 Å². The lowest BCUT2D eigenvalue weighted by atomic mass is 9.96. The number of nitrogens with one attached hydrogen (secondary N) is 1. The van der Waals surface area contributed by atoms with Gasteiger partial charge in [-0.1, -0.05) is 6.07 Å². The fourth-order valence-electron chi connectivity index (χ4n) is 3.06. The topological polar surface area (TPSA) is 60.5 Å². The standard InChI is InChI=1S/C20H16F2N2O3S/c1-26-13-5-6-17-11(8-13)7-12(9-27-17)19(25)24-20-23-16(10-28-20)18-14(21)3-2-4-15(18)22/h2-6,8,10,12H,7,9H2,1H3,(H,23,24,25). The predicted molar refractivity (Wildman–Crippen MR) is 102 cm³/mol. The van der Waals surface area contributed by atoms with Gasteiger partial charge in [-0.3, -0.25) is 4.79 Å². The Bertz CT molecular complexity index is 1020. The van der Waals surface area contributed by atoms with Crippen LogP contribution in [0.5, 0.6) is 11.5 Å². The van der Waals surface area contributed by atoms with Gasteiger partial charge < -0.3 is 14.8 Å². The lowest BCUT2D eigenvalue weighted by Crippen LogP contribution is -2.32. The maximum Gasteiger partial charge on any atom is 0.233 e. The molecule has 0 bridgehead atoms. The number of carbonyl (C=O) groups is 1. The van der Waals surface area contributed by atoms with Crippen molar-refractivity contribution in [2.75, 3.05) is 19.0 Å². The van der Waals surface area contributed by atoms with Gasteiger partial charge in [0.05, 0.1) is 24.3 Å². The molecule has 0 spiro atoms. The van der Waals surface area contributed by atoms with E-state index in [-0.39, 0.29) is 28.9 Å². The minimum Gasteiger partial charge on any atom is -0.497 e. The van der Waals surface area contributed by atoms with E-state index >= 15 is 0 Å². The molecule has 1 atom stereocenters. The number of anilines is 1. The Morgan fingerprint density at radius 3 is 2.82 bits per heavy atom. The lowest BCUT2D eigenvalue weighted by molar-refractivity contribution is -0.121. The average Bonchev–Trinajstić information content (AvgIpc) is 3.14. The second kappa shape index (κ2) is 7.55. The number of fused-ring (bicyclic) bond motifs is 1. The Balaban J connectivity index is 1.48. The minimum absolute atomic E-state index is 0.144. The summed E-state index contributed by atoms with van der Waals surface area (Å²) in [5.74, 6) is -0.638. The number of rotatable bonds is 4. The number of halogens is 2. The van der Waals surface area contributed by atoms with Crippen molar-refractivity contribution in [1.82, 2.24) is 4.98 Å². The second-order valence-electron chi connectivity index (χ2n) is 6.31. The summed E-state index contributed by atoms with van der Waals surface area (Å²) in [5.41, 5.74) is 0.825. The third-order valence-corrected chi connectivity index (χ3v) is 5.26. The van der Waals surface area contributed by atoms with Crippen LogP contribution in [0.4, 0.5) is 13.9 Å². The summed E-state index contributed by atoms with van der Waals surface area (Å²) in [6.07, 6.45) is 0.499. The molecule has 1 amide bonds. The van der Waals surface area contributed by atoms with E-state index in [4.69, 9.17) is 9.47 Å². The molecule has 0 aliphatic carbocycles. The predicted octanol–water partition coefficient (Wildman–Crippen LogP) is 4.29. The summed E-state index contributed by atoms with van der Waals surface area (Å²) in [5, 5.41) is 4.50. The number of hydrogen-bond donors (Lipinski definition) is 1. The van der Waals surface area contributed by atoms with Gasteiger partial charge in [0.15, 0.2) is 5.13 Å². The molecule has 0 radical (unpaired) electrons. The first kappa shape index (κ1) is 18.4. The number of benzene rings is 2. The van der Waals surface area contributed by atoms with Crippen LogP contribution in [0, 0.1) is 17.6 Å². The zero-order chi connectivity index (χ0) is 19.7. The Hall–Kier alpha value is -3.00. The summed E-state index contributed by atoms with van der Waals surface area (Å²) in [4.78, 5) is 16.8. The Labute approximate surface area is 163 Å². The molecule has 28 heavy (non-hydrogen) atoms. The summed E-state index contributed by atoms with van der Waals surface area (Å²) in [6.45, 7) is 0.241. The van der Waals surface area contributed by atoms with Crippen LogP contribution in [0.2, 0.25) is 0 Å². The van der Waals surface area contributed by atoms with E-state index < -0.39 is 17.6 Å². The number of methoxy groups -OCH3 is 1. The van der Waals surface area contributed by atoms with E-state index in [2.05, 4.69) is 10.3 Å². The zero-order valence-electron chi connectivity index (χ0n) is 14.9. The molecular weight excluding hydrogens is 386 g/mol. The van der Waals surface area contributed by atoms with Gasteiger partial charge in [0, 0.05) is 5.38 Å². The highest BCUT2D eigenvalue weighted by molar-refractivity contribution is 7.14. The van der Waals surface area contributed by atoms with Gasteiger partial charge in [-0.25, -0.2) is 13.8 Å². The molecular formula is C20H16F2N2O3S. The Morgan fingerprint density at radius 2 is 2.07 bits per heavy atom.